The Morgan fingerprint density at radius 3 is 2.38 bits per heavy atom. The van der Waals surface area contributed by atoms with Crippen LogP contribution in [0.15, 0.2) is 24.3 Å². The van der Waals surface area contributed by atoms with E-state index in [4.69, 9.17) is 10.5 Å². The Morgan fingerprint density at radius 2 is 1.94 bits per heavy atom. The molecular formula is C11H19ClN2O2. The second-order valence-electron chi connectivity index (χ2n) is 3.47. The fourth-order valence-electron chi connectivity index (χ4n) is 1.33. The van der Waals surface area contributed by atoms with Crippen molar-refractivity contribution in [3.63, 3.8) is 0 Å². The van der Waals surface area contributed by atoms with Crippen LogP contribution in [0.5, 0.6) is 5.75 Å². The van der Waals surface area contributed by atoms with Crippen LogP contribution in [0.3, 0.4) is 0 Å². The van der Waals surface area contributed by atoms with Gasteiger partial charge in [0.2, 0.25) is 0 Å². The highest BCUT2D eigenvalue weighted by molar-refractivity contribution is 5.85. The third-order valence-electron chi connectivity index (χ3n) is 2.27. The molecule has 0 radical (unpaired) electrons. The lowest BCUT2D eigenvalue weighted by Gasteiger charge is -2.22. The first kappa shape index (κ1) is 15.0. The minimum atomic E-state index is -0.489. The number of hydrogen-bond acceptors (Lipinski definition) is 4. The van der Waals surface area contributed by atoms with E-state index < -0.39 is 6.10 Å². The van der Waals surface area contributed by atoms with E-state index in [2.05, 4.69) is 0 Å². The topological polar surface area (TPSA) is 58.7 Å². The Bertz CT molecular complexity index is 293. The first-order valence-electron chi connectivity index (χ1n) is 4.90. The number of hydrogen-bond donors (Lipinski definition) is 2. The molecule has 0 aromatic heterocycles. The van der Waals surface area contributed by atoms with Gasteiger partial charge in [-0.1, -0.05) is 0 Å². The molecule has 0 amide bonds. The van der Waals surface area contributed by atoms with Gasteiger partial charge in [-0.15, -0.1) is 12.4 Å². The number of nitrogens with zero attached hydrogens (tertiary/aromatic N) is 1. The van der Waals surface area contributed by atoms with E-state index in [-0.39, 0.29) is 19.0 Å². The Kier molecular flexibility index (Phi) is 6.88. The number of nitrogens with two attached hydrogens (primary N) is 1. The number of methoxy groups -OCH3 is 1. The lowest BCUT2D eigenvalue weighted by molar-refractivity contribution is 0.189. The molecule has 0 fully saturated rings. The largest absolute Gasteiger partial charge is 0.497 e. The molecule has 16 heavy (non-hydrogen) atoms. The number of halogens is 1. The fourth-order valence-corrected chi connectivity index (χ4v) is 1.33. The average Bonchev–Trinajstić information content (AvgIpc) is 2.29. The van der Waals surface area contributed by atoms with E-state index in [1.165, 1.54) is 0 Å². The van der Waals surface area contributed by atoms with Crippen molar-refractivity contribution in [3.05, 3.63) is 24.3 Å². The summed E-state index contributed by atoms with van der Waals surface area (Å²) in [4.78, 5) is 1.96. The van der Waals surface area contributed by atoms with E-state index in [9.17, 15) is 5.11 Å². The predicted octanol–water partition coefficient (Wildman–Crippen LogP) is 0.873. The molecule has 0 aliphatic carbocycles. The molecular weight excluding hydrogens is 228 g/mol. The van der Waals surface area contributed by atoms with Gasteiger partial charge in [-0.3, -0.25) is 0 Å². The van der Waals surface area contributed by atoms with Gasteiger partial charge in [0.25, 0.3) is 0 Å². The van der Waals surface area contributed by atoms with Crippen molar-refractivity contribution in [2.45, 2.75) is 6.10 Å². The summed E-state index contributed by atoms with van der Waals surface area (Å²) in [5.74, 6) is 0.825. The third kappa shape index (κ3) is 4.26. The van der Waals surface area contributed by atoms with Crippen molar-refractivity contribution in [3.8, 4) is 5.75 Å². The summed E-state index contributed by atoms with van der Waals surface area (Å²) >= 11 is 0. The van der Waals surface area contributed by atoms with Crippen LogP contribution in [0.2, 0.25) is 0 Å². The zero-order chi connectivity index (χ0) is 11.3. The summed E-state index contributed by atoms with van der Waals surface area (Å²) in [5, 5.41) is 9.40. The van der Waals surface area contributed by atoms with Crippen LogP contribution in [0, 0.1) is 0 Å². The van der Waals surface area contributed by atoms with Crippen molar-refractivity contribution < 1.29 is 9.84 Å². The molecule has 1 unspecified atom stereocenters. The normalized spacial score (nSPS) is 11.5. The molecule has 1 rings (SSSR count). The number of ether oxygens (including phenoxy) is 1. The second kappa shape index (κ2) is 7.33. The summed E-state index contributed by atoms with van der Waals surface area (Å²) in [7, 11) is 3.55. The van der Waals surface area contributed by atoms with E-state index in [1.807, 2.05) is 36.2 Å². The van der Waals surface area contributed by atoms with Crippen LogP contribution in [0.1, 0.15) is 0 Å². The maximum absolute atomic E-state index is 9.40. The fraction of sp³-hybridized carbons (Fsp3) is 0.455. The zero-order valence-electron chi connectivity index (χ0n) is 9.59. The molecule has 0 heterocycles. The standard InChI is InChI=1S/C11H18N2O2.ClH/c1-13(8-10(14)7-12)9-3-5-11(15-2)6-4-9;/h3-6,10,14H,7-8,12H2,1-2H3;1H. The molecule has 3 N–H and O–H groups in total. The van der Waals surface area contributed by atoms with Gasteiger partial charge in [0.1, 0.15) is 5.75 Å². The van der Waals surface area contributed by atoms with E-state index in [0.29, 0.717) is 6.54 Å². The van der Waals surface area contributed by atoms with Gasteiger partial charge in [0, 0.05) is 25.8 Å². The Hall–Kier alpha value is -0.970. The molecule has 0 saturated carbocycles. The van der Waals surface area contributed by atoms with Crippen molar-refractivity contribution in [2.24, 2.45) is 5.73 Å². The van der Waals surface area contributed by atoms with Crippen LogP contribution in [0.4, 0.5) is 5.69 Å². The minimum Gasteiger partial charge on any atom is -0.497 e. The Labute approximate surface area is 102 Å². The summed E-state index contributed by atoms with van der Waals surface area (Å²) < 4.78 is 5.06. The van der Waals surface area contributed by atoms with Gasteiger partial charge >= 0.3 is 0 Å². The number of benzene rings is 1. The summed E-state index contributed by atoms with van der Waals surface area (Å²) in [6, 6.07) is 7.67. The van der Waals surface area contributed by atoms with Crippen LogP contribution in [-0.2, 0) is 0 Å². The van der Waals surface area contributed by atoms with Gasteiger partial charge in [0.15, 0.2) is 0 Å². The van der Waals surface area contributed by atoms with Crippen LogP contribution in [0.25, 0.3) is 0 Å². The molecule has 0 saturated heterocycles. The van der Waals surface area contributed by atoms with Gasteiger partial charge in [0.05, 0.1) is 13.2 Å². The molecule has 1 aromatic carbocycles. The van der Waals surface area contributed by atoms with Crippen LogP contribution < -0.4 is 15.4 Å². The lowest BCUT2D eigenvalue weighted by atomic mass is 10.2. The van der Waals surface area contributed by atoms with E-state index in [1.54, 1.807) is 7.11 Å². The zero-order valence-corrected chi connectivity index (χ0v) is 10.4. The van der Waals surface area contributed by atoms with Gasteiger partial charge < -0.3 is 20.5 Å². The number of aliphatic hydroxyl groups is 1. The number of rotatable bonds is 5. The molecule has 0 spiro atoms. The number of likely N-dealkylation sites (N-methyl/N-ethyl adjacent to an activating group) is 1. The minimum absolute atomic E-state index is 0. The quantitative estimate of drug-likeness (QED) is 0.810. The predicted molar refractivity (Wildman–Crippen MR) is 68.6 cm³/mol. The summed E-state index contributed by atoms with van der Waals surface area (Å²) in [5.41, 5.74) is 6.38. The first-order valence-corrected chi connectivity index (χ1v) is 4.90. The van der Waals surface area contributed by atoms with Gasteiger partial charge in [-0.25, -0.2) is 0 Å². The molecule has 0 aliphatic rings. The lowest BCUT2D eigenvalue weighted by Crippen LogP contribution is -2.34. The molecule has 0 aliphatic heterocycles. The number of aliphatic hydroxyl groups excluding tert-OH is 1. The summed E-state index contributed by atoms with van der Waals surface area (Å²) in [6.45, 7) is 0.809. The first-order chi connectivity index (χ1) is 7.17. The second-order valence-corrected chi connectivity index (χ2v) is 3.47. The molecule has 0 bridgehead atoms. The molecule has 1 aromatic rings. The van der Waals surface area contributed by atoms with Crippen molar-refractivity contribution in [1.29, 1.82) is 0 Å². The van der Waals surface area contributed by atoms with Crippen LogP contribution in [-0.4, -0.2) is 38.5 Å². The van der Waals surface area contributed by atoms with Crippen molar-refractivity contribution in [2.75, 3.05) is 32.1 Å². The monoisotopic (exact) mass is 246 g/mol. The van der Waals surface area contributed by atoms with Gasteiger partial charge in [-0.2, -0.15) is 0 Å². The van der Waals surface area contributed by atoms with Crippen molar-refractivity contribution in [1.82, 2.24) is 0 Å². The van der Waals surface area contributed by atoms with Gasteiger partial charge in [-0.05, 0) is 24.3 Å². The third-order valence-corrected chi connectivity index (χ3v) is 2.27. The number of anilines is 1. The highest BCUT2D eigenvalue weighted by atomic mass is 35.5. The Balaban J connectivity index is 0.00000225. The highest BCUT2D eigenvalue weighted by Crippen LogP contribution is 2.17. The van der Waals surface area contributed by atoms with E-state index >= 15 is 0 Å². The van der Waals surface area contributed by atoms with Crippen LogP contribution >= 0.6 is 12.4 Å². The maximum Gasteiger partial charge on any atom is 0.119 e. The Morgan fingerprint density at radius 1 is 1.38 bits per heavy atom. The van der Waals surface area contributed by atoms with E-state index in [0.717, 1.165) is 11.4 Å². The molecule has 5 heteroatoms. The molecule has 4 nitrogen and oxygen atoms in total. The summed E-state index contributed by atoms with van der Waals surface area (Å²) in [6.07, 6.45) is -0.489. The average molecular weight is 247 g/mol. The van der Waals surface area contributed by atoms with Crippen molar-refractivity contribution >= 4 is 18.1 Å². The molecule has 92 valence electrons. The smallest absolute Gasteiger partial charge is 0.119 e. The molecule has 1 atom stereocenters. The highest BCUT2D eigenvalue weighted by Gasteiger charge is 2.06. The maximum atomic E-state index is 9.40. The SMILES string of the molecule is COc1ccc(N(C)CC(O)CN)cc1.Cl.